The predicted octanol–water partition coefficient (Wildman–Crippen LogP) is 4.03. The lowest BCUT2D eigenvalue weighted by Crippen LogP contribution is -2.28. The third-order valence-electron chi connectivity index (χ3n) is 4.24. The number of urea groups is 1. The van der Waals surface area contributed by atoms with Crippen LogP contribution in [0.2, 0.25) is 0 Å². The second kappa shape index (κ2) is 7.99. The van der Waals surface area contributed by atoms with Crippen LogP contribution in [0.4, 0.5) is 10.5 Å². The van der Waals surface area contributed by atoms with Gasteiger partial charge in [0.15, 0.2) is 0 Å². The molecule has 3 rings (SSSR count). The molecule has 0 fully saturated rings. The van der Waals surface area contributed by atoms with Crippen LogP contribution in [0.1, 0.15) is 31.2 Å². The van der Waals surface area contributed by atoms with Gasteiger partial charge in [0.25, 0.3) is 0 Å². The van der Waals surface area contributed by atoms with E-state index < -0.39 is 0 Å². The number of H-pyrrole nitrogens is 1. The van der Waals surface area contributed by atoms with Crippen molar-refractivity contribution in [1.29, 1.82) is 0 Å². The maximum Gasteiger partial charge on any atom is 0.319 e. The van der Waals surface area contributed by atoms with E-state index >= 15 is 0 Å². The largest absolute Gasteiger partial charge is 0.497 e. The second-order valence-electron chi connectivity index (χ2n) is 6.49. The lowest BCUT2D eigenvalue weighted by atomic mass is 10.2. The van der Waals surface area contributed by atoms with Gasteiger partial charge in [0.1, 0.15) is 17.3 Å². The number of amides is 2. The number of methoxy groups -OCH3 is 2. The number of carbonyl (C=O) groups is 1. The zero-order valence-electron chi connectivity index (χ0n) is 15.9. The van der Waals surface area contributed by atoms with Gasteiger partial charge in [0, 0.05) is 29.8 Å². The van der Waals surface area contributed by atoms with Crippen LogP contribution in [0.5, 0.6) is 11.5 Å². The third-order valence-corrected chi connectivity index (χ3v) is 4.24. The van der Waals surface area contributed by atoms with Crippen molar-refractivity contribution in [3.8, 4) is 11.5 Å². The summed E-state index contributed by atoms with van der Waals surface area (Å²) in [6.07, 6.45) is 0. The van der Waals surface area contributed by atoms with Crippen LogP contribution in [0, 0.1) is 0 Å². The Morgan fingerprint density at radius 1 is 1.15 bits per heavy atom. The number of fused-ring (bicyclic) bond motifs is 1. The molecule has 0 atom stereocenters. The molecule has 2 aromatic carbocycles. The molecule has 0 bridgehead atoms. The number of imidazole rings is 1. The highest BCUT2D eigenvalue weighted by Gasteiger charge is 2.10. The van der Waals surface area contributed by atoms with Crippen molar-refractivity contribution in [2.75, 3.05) is 19.5 Å². The molecule has 0 radical (unpaired) electrons. The molecule has 0 unspecified atom stereocenters. The standard InChI is InChI=1S/C20H24N4O3/c1-12(2)19-23-16-8-6-14(9-17(16)24-19)22-20(25)21-11-13-5-7-15(26-3)10-18(13)27-4/h5-10,12H,11H2,1-4H3,(H,23,24)(H2,21,22,25). The summed E-state index contributed by atoms with van der Waals surface area (Å²) in [5, 5.41) is 5.67. The average molecular weight is 368 g/mol. The smallest absolute Gasteiger partial charge is 0.319 e. The maximum absolute atomic E-state index is 12.2. The summed E-state index contributed by atoms with van der Waals surface area (Å²) >= 11 is 0. The van der Waals surface area contributed by atoms with Crippen LogP contribution in [0.15, 0.2) is 36.4 Å². The number of aromatic amines is 1. The number of nitrogens with zero attached hydrogens (tertiary/aromatic N) is 1. The van der Waals surface area contributed by atoms with E-state index in [1.54, 1.807) is 20.3 Å². The number of rotatable bonds is 6. The minimum absolute atomic E-state index is 0.296. The summed E-state index contributed by atoms with van der Waals surface area (Å²) in [4.78, 5) is 20.1. The van der Waals surface area contributed by atoms with Crippen molar-refractivity contribution in [1.82, 2.24) is 15.3 Å². The summed E-state index contributed by atoms with van der Waals surface area (Å²) < 4.78 is 10.5. The van der Waals surface area contributed by atoms with Gasteiger partial charge >= 0.3 is 6.03 Å². The summed E-state index contributed by atoms with van der Waals surface area (Å²) in [6, 6.07) is 10.8. The van der Waals surface area contributed by atoms with Gasteiger partial charge in [-0.05, 0) is 30.3 Å². The van der Waals surface area contributed by atoms with Crippen molar-refractivity contribution in [2.45, 2.75) is 26.3 Å². The highest BCUT2D eigenvalue weighted by Crippen LogP contribution is 2.24. The number of hydrogen-bond acceptors (Lipinski definition) is 4. The fraction of sp³-hybridized carbons (Fsp3) is 0.300. The van der Waals surface area contributed by atoms with Crippen molar-refractivity contribution < 1.29 is 14.3 Å². The Morgan fingerprint density at radius 3 is 2.67 bits per heavy atom. The van der Waals surface area contributed by atoms with Gasteiger partial charge in [-0.1, -0.05) is 13.8 Å². The van der Waals surface area contributed by atoms with E-state index in [1.165, 1.54) is 0 Å². The molecule has 3 N–H and O–H groups in total. The zero-order chi connectivity index (χ0) is 19.4. The molecule has 0 aliphatic rings. The number of carbonyl (C=O) groups excluding carboxylic acids is 1. The SMILES string of the molecule is COc1ccc(CNC(=O)Nc2ccc3nc(C(C)C)[nH]c3c2)c(OC)c1. The Hall–Kier alpha value is -3.22. The highest BCUT2D eigenvalue weighted by molar-refractivity contribution is 5.91. The first-order valence-corrected chi connectivity index (χ1v) is 8.75. The average Bonchev–Trinajstić information content (AvgIpc) is 3.10. The Balaban J connectivity index is 1.65. The summed E-state index contributed by atoms with van der Waals surface area (Å²) in [6.45, 7) is 4.50. The zero-order valence-corrected chi connectivity index (χ0v) is 15.9. The molecule has 1 heterocycles. The molecule has 142 valence electrons. The fourth-order valence-corrected chi connectivity index (χ4v) is 2.73. The van der Waals surface area contributed by atoms with Crippen molar-refractivity contribution in [3.05, 3.63) is 47.8 Å². The molecule has 1 aromatic heterocycles. The van der Waals surface area contributed by atoms with Crippen molar-refractivity contribution in [2.24, 2.45) is 0 Å². The van der Waals surface area contributed by atoms with E-state index in [1.807, 2.05) is 30.3 Å². The normalized spacial score (nSPS) is 10.9. The molecule has 0 spiro atoms. The molecule has 0 saturated heterocycles. The number of ether oxygens (including phenoxy) is 2. The molecule has 0 aliphatic carbocycles. The molecule has 7 nitrogen and oxygen atoms in total. The van der Waals surface area contributed by atoms with Gasteiger partial charge in [-0.2, -0.15) is 0 Å². The van der Waals surface area contributed by atoms with E-state index in [0.717, 1.165) is 22.4 Å². The predicted molar refractivity (Wildman–Crippen MR) is 106 cm³/mol. The van der Waals surface area contributed by atoms with Crippen LogP contribution in [-0.2, 0) is 6.54 Å². The first-order chi connectivity index (χ1) is 13.0. The van der Waals surface area contributed by atoms with Crippen LogP contribution in [0.25, 0.3) is 11.0 Å². The lowest BCUT2D eigenvalue weighted by molar-refractivity contribution is 0.251. The topological polar surface area (TPSA) is 88.3 Å². The van der Waals surface area contributed by atoms with Crippen molar-refractivity contribution in [3.63, 3.8) is 0 Å². The van der Waals surface area contributed by atoms with Gasteiger partial charge < -0.3 is 25.1 Å². The molecule has 0 saturated carbocycles. The Bertz CT molecular complexity index is 950. The second-order valence-corrected chi connectivity index (χ2v) is 6.49. The Morgan fingerprint density at radius 2 is 1.96 bits per heavy atom. The summed E-state index contributed by atoms with van der Waals surface area (Å²) in [7, 11) is 3.18. The number of aromatic nitrogens is 2. The Kier molecular flexibility index (Phi) is 5.49. The Labute approximate surface area is 158 Å². The van der Waals surface area contributed by atoms with Crippen LogP contribution >= 0.6 is 0 Å². The van der Waals surface area contributed by atoms with Crippen LogP contribution in [-0.4, -0.2) is 30.2 Å². The molecular formula is C20H24N4O3. The van der Waals surface area contributed by atoms with E-state index in [9.17, 15) is 4.79 Å². The number of hydrogen-bond donors (Lipinski definition) is 3. The summed E-state index contributed by atoms with van der Waals surface area (Å²) in [5.41, 5.74) is 3.33. The number of nitrogens with one attached hydrogen (secondary N) is 3. The third kappa shape index (κ3) is 4.31. The van der Waals surface area contributed by atoms with Gasteiger partial charge in [-0.15, -0.1) is 0 Å². The molecule has 2 amide bonds. The van der Waals surface area contributed by atoms with Gasteiger partial charge in [0.05, 0.1) is 25.3 Å². The van der Waals surface area contributed by atoms with Crippen LogP contribution < -0.4 is 20.1 Å². The highest BCUT2D eigenvalue weighted by atomic mass is 16.5. The van der Waals surface area contributed by atoms with Gasteiger partial charge in [-0.3, -0.25) is 0 Å². The quantitative estimate of drug-likeness (QED) is 0.613. The van der Waals surface area contributed by atoms with E-state index in [4.69, 9.17) is 9.47 Å². The number of benzene rings is 2. The molecule has 0 aliphatic heterocycles. The fourth-order valence-electron chi connectivity index (χ4n) is 2.73. The minimum atomic E-state index is -0.296. The maximum atomic E-state index is 12.2. The summed E-state index contributed by atoms with van der Waals surface area (Å²) in [5.74, 6) is 2.61. The molecular weight excluding hydrogens is 344 g/mol. The first kappa shape index (κ1) is 18.6. The molecule has 27 heavy (non-hydrogen) atoms. The number of anilines is 1. The molecule has 7 heteroatoms. The van der Waals surface area contributed by atoms with E-state index in [-0.39, 0.29) is 6.03 Å². The monoisotopic (exact) mass is 368 g/mol. The van der Waals surface area contributed by atoms with E-state index in [2.05, 4.69) is 34.4 Å². The van der Waals surface area contributed by atoms with Gasteiger partial charge in [0.2, 0.25) is 0 Å². The van der Waals surface area contributed by atoms with E-state index in [0.29, 0.717) is 29.6 Å². The van der Waals surface area contributed by atoms with Crippen LogP contribution in [0.3, 0.4) is 0 Å². The molecule has 3 aromatic rings. The van der Waals surface area contributed by atoms with Gasteiger partial charge in [-0.25, -0.2) is 9.78 Å². The lowest BCUT2D eigenvalue weighted by Gasteiger charge is -2.12. The first-order valence-electron chi connectivity index (χ1n) is 8.75. The minimum Gasteiger partial charge on any atom is -0.497 e. The van der Waals surface area contributed by atoms with Crippen molar-refractivity contribution >= 4 is 22.8 Å².